The molecule has 5 rings (SSSR count). The molecule has 4 aliphatic carbocycles. The van der Waals surface area contributed by atoms with Crippen LogP contribution in [0.4, 0.5) is 0 Å². The van der Waals surface area contributed by atoms with Crippen molar-refractivity contribution < 1.29 is 24.5 Å². The predicted octanol–water partition coefficient (Wildman–Crippen LogP) is 1.66. The van der Waals surface area contributed by atoms with Crippen LogP contribution in [0.5, 0.6) is 0 Å². The fraction of sp³-hybridized carbons (Fsp3) is 0.840. The smallest absolute Gasteiger partial charge is 0.331 e. The van der Waals surface area contributed by atoms with E-state index in [0.717, 1.165) is 44.1 Å². The molecule has 0 unspecified atom stereocenters. The number of cyclic esters (lactones) is 1. The molecule has 5 N–H and O–H groups in total. The lowest BCUT2D eigenvalue weighted by atomic mass is 9.42. The molecule has 0 aromatic heterocycles. The Morgan fingerprint density at radius 3 is 2.66 bits per heavy atom. The highest BCUT2D eigenvalue weighted by Gasteiger charge is 2.70. The summed E-state index contributed by atoms with van der Waals surface area (Å²) in [4.78, 5) is 23.5. The van der Waals surface area contributed by atoms with Crippen molar-refractivity contribution in [2.24, 2.45) is 40.2 Å². The number of nitrogens with one attached hydrogen (secondary N) is 1. The van der Waals surface area contributed by atoms with Gasteiger partial charge in [0.2, 0.25) is 5.91 Å². The van der Waals surface area contributed by atoms with Gasteiger partial charge in [-0.25, -0.2) is 4.79 Å². The first-order valence-electron chi connectivity index (χ1n) is 12.4. The summed E-state index contributed by atoms with van der Waals surface area (Å²) in [5.74, 6) is 0.453. The quantitative estimate of drug-likeness (QED) is 0.489. The standard InChI is InChI=1S/C25H38N2O5/c1-23-7-5-16(27-21(29)12-26)10-15(23)3-4-18-19(23)11-20(28)24(2)17(6-8-25(18,24)31)14-9-22(30)32-13-14/h9,15-20,28,31H,3-8,10-13,26H2,1-2H3,(H,27,29)/t15-,16-,17-,18-,19-,20-,23-,24-,25-/m1/s1. The van der Waals surface area contributed by atoms with Crippen molar-refractivity contribution in [2.45, 2.75) is 83.0 Å². The van der Waals surface area contributed by atoms with Gasteiger partial charge in [-0.05, 0) is 86.0 Å². The van der Waals surface area contributed by atoms with E-state index >= 15 is 0 Å². The minimum absolute atomic E-state index is 0.0230. The minimum atomic E-state index is -0.939. The number of carbonyl (C=O) groups excluding carboxylic acids is 2. The van der Waals surface area contributed by atoms with Crippen LogP contribution in [0.25, 0.3) is 0 Å². The number of hydrogen-bond acceptors (Lipinski definition) is 6. The number of carbonyl (C=O) groups is 2. The fourth-order valence-electron chi connectivity index (χ4n) is 8.81. The lowest BCUT2D eigenvalue weighted by Gasteiger charge is -2.65. The van der Waals surface area contributed by atoms with Crippen molar-refractivity contribution in [3.05, 3.63) is 11.6 Å². The maximum Gasteiger partial charge on any atom is 0.331 e. The molecule has 9 atom stereocenters. The highest BCUT2D eigenvalue weighted by atomic mass is 16.5. The molecule has 5 aliphatic rings. The summed E-state index contributed by atoms with van der Waals surface area (Å²) in [6.45, 7) is 4.70. The third-order valence-electron chi connectivity index (χ3n) is 10.6. The van der Waals surface area contributed by atoms with Crippen molar-refractivity contribution in [1.82, 2.24) is 5.32 Å². The van der Waals surface area contributed by atoms with Gasteiger partial charge in [-0.3, -0.25) is 4.79 Å². The number of hydrogen-bond donors (Lipinski definition) is 4. The number of nitrogens with two attached hydrogens (primary N) is 1. The SMILES string of the molecule is C[C@@]12CC[C@@H](NC(=O)CN)C[C@H]1CC[C@@H]1[C@H]2C[C@@H](O)[C@@]2(C)[C@@H](C3=CC(=O)OC3)CC[C@@]12O. The molecule has 4 fully saturated rings. The van der Waals surface area contributed by atoms with E-state index in [1.807, 2.05) is 6.92 Å². The maximum absolute atomic E-state index is 12.3. The van der Waals surface area contributed by atoms with Crippen LogP contribution in [0, 0.1) is 34.5 Å². The van der Waals surface area contributed by atoms with Gasteiger partial charge >= 0.3 is 5.97 Å². The van der Waals surface area contributed by atoms with Crippen LogP contribution in [0.2, 0.25) is 0 Å². The van der Waals surface area contributed by atoms with Crippen LogP contribution in [-0.4, -0.2) is 53.0 Å². The first-order valence-corrected chi connectivity index (χ1v) is 12.4. The number of ether oxygens (including phenoxy) is 1. The van der Waals surface area contributed by atoms with Crippen LogP contribution >= 0.6 is 0 Å². The second-order valence-electron chi connectivity index (χ2n) is 11.6. The van der Waals surface area contributed by atoms with Gasteiger partial charge < -0.3 is 26.0 Å². The Balaban J connectivity index is 1.41. The van der Waals surface area contributed by atoms with Gasteiger partial charge in [-0.15, -0.1) is 0 Å². The van der Waals surface area contributed by atoms with Gasteiger partial charge in [-0.2, -0.15) is 0 Å². The first kappa shape index (κ1) is 22.4. The molecule has 7 heteroatoms. The molecule has 7 nitrogen and oxygen atoms in total. The monoisotopic (exact) mass is 446 g/mol. The lowest BCUT2D eigenvalue weighted by Crippen LogP contribution is -2.67. The largest absolute Gasteiger partial charge is 0.458 e. The van der Waals surface area contributed by atoms with Crippen LogP contribution in [0.1, 0.15) is 65.2 Å². The van der Waals surface area contributed by atoms with Crippen molar-refractivity contribution in [2.75, 3.05) is 13.2 Å². The van der Waals surface area contributed by atoms with E-state index < -0.39 is 17.1 Å². The molecule has 0 saturated heterocycles. The Hall–Kier alpha value is -1.44. The Morgan fingerprint density at radius 2 is 1.97 bits per heavy atom. The van der Waals surface area contributed by atoms with Crippen molar-refractivity contribution in [3.8, 4) is 0 Å². The van der Waals surface area contributed by atoms with Crippen LogP contribution in [0.3, 0.4) is 0 Å². The Kier molecular flexibility index (Phi) is 5.27. The summed E-state index contributed by atoms with van der Waals surface area (Å²) in [6, 6.07) is 0.172. The van der Waals surface area contributed by atoms with Crippen molar-refractivity contribution in [3.63, 3.8) is 0 Å². The fourth-order valence-corrected chi connectivity index (χ4v) is 8.81. The van der Waals surface area contributed by atoms with Crippen LogP contribution < -0.4 is 11.1 Å². The van der Waals surface area contributed by atoms with Gasteiger partial charge in [0, 0.05) is 17.5 Å². The first-order chi connectivity index (χ1) is 15.1. The number of fused-ring (bicyclic) bond motifs is 5. The molecule has 0 aromatic carbocycles. The molecule has 32 heavy (non-hydrogen) atoms. The predicted molar refractivity (Wildman–Crippen MR) is 118 cm³/mol. The molecule has 0 radical (unpaired) electrons. The number of esters is 1. The minimum Gasteiger partial charge on any atom is -0.458 e. The van der Waals surface area contributed by atoms with Crippen molar-refractivity contribution in [1.29, 1.82) is 0 Å². The van der Waals surface area contributed by atoms with Gasteiger partial charge in [0.25, 0.3) is 0 Å². The summed E-state index contributed by atoms with van der Waals surface area (Å²) in [5.41, 5.74) is 4.87. The third kappa shape index (κ3) is 2.96. The summed E-state index contributed by atoms with van der Waals surface area (Å²) in [7, 11) is 0. The lowest BCUT2D eigenvalue weighted by molar-refractivity contribution is -0.243. The molecule has 0 bridgehead atoms. The average molecular weight is 447 g/mol. The van der Waals surface area contributed by atoms with Crippen LogP contribution in [0.15, 0.2) is 11.6 Å². The summed E-state index contributed by atoms with van der Waals surface area (Å²) in [6.07, 6.45) is 7.93. The van der Waals surface area contributed by atoms with E-state index in [1.165, 1.54) is 0 Å². The van der Waals surface area contributed by atoms with Gasteiger partial charge in [-0.1, -0.05) is 13.8 Å². The highest BCUT2D eigenvalue weighted by molar-refractivity contribution is 5.85. The zero-order chi connectivity index (χ0) is 22.9. The highest BCUT2D eigenvalue weighted by Crippen LogP contribution is 2.69. The molecule has 1 amide bonds. The summed E-state index contributed by atoms with van der Waals surface area (Å²) < 4.78 is 5.18. The van der Waals surface area contributed by atoms with E-state index in [0.29, 0.717) is 18.8 Å². The number of amides is 1. The Bertz CT molecular complexity index is 844. The van der Waals surface area contributed by atoms with E-state index in [4.69, 9.17) is 10.5 Å². The number of aliphatic hydroxyl groups excluding tert-OH is 1. The third-order valence-corrected chi connectivity index (χ3v) is 10.6. The molecule has 4 saturated carbocycles. The zero-order valence-electron chi connectivity index (χ0n) is 19.3. The molecular formula is C25H38N2O5. The van der Waals surface area contributed by atoms with E-state index in [2.05, 4.69) is 12.2 Å². The van der Waals surface area contributed by atoms with E-state index in [9.17, 15) is 19.8 Å². The topological polar surface area (TPSA) is 122 Å². The molecular weight excluding hydrogens is 408 g/mol. The van der Waals surface area contributed by atoms with Gasteiger partial charge in [0.1, 0.15) is 6.61 Å². The second kappa shape index (κ2) is 7.54. The summed E-state index contributed by atoms with van der Waals surface area (Å²) >= 11 is 0. The average Bonchev–Trinajstić information content (AvgIpc) is 3.30. The van der Waals surface area contributed by atoms with Gasteiger partial charge in [0.05, 0.1) is 18.2 Å². The second-order valence-corrected chi connectivity index (χ2v) is 11.6. The molecule has 178 valence electrons. The van der Waals surface area contributed by atoms with E-state index in [1.54, 1.807) is 6.08 Å². The summed E-state index contributed by atoms with van der Waals surface area (Å²) in [5, 5.41) is 26.9. The molecule has 0 spiro atoms. The zero-order valence-corrected chi connectivity index (χ0v) is 19.3. The number of rotatable bonds is 3. The van der Waals surface area contributed by atoms with Crippen LogP contribution in [-0.2, 0) is 14.3 Å². The van der Waals surface area contributed by atoms with E-state index in [-0.39, 0.29) is 54.2 Å². The Labute approximate surface area is 190 Å². The van der Waals surface area contributed by atoms with Crippen molar-refractivity contribution >= 4 is 11.9 Å². The maximum atomic E-state index is 12.3. The normalized spacial score (nSPS) is 50.0. The Morgan fingerprint density at radius 1 is 1.19 bits per heavy atom. The molecule has 1 heterocycles. The number of aliphatic hydroxyl groups is 2. The molecule has 1 aliphatic heterocycles. The molecule has 0 aromatic rings. The van der Waals surface area contributed by atoms with Gasteiger partial charge in [0.15, 0.2) is 0 Å².